The molecule has 1 N–H and O–H groups in total. The van der Waals surface area contributed by atoms with Crippen LogP contribution in [-0.2, 0) is 6.54 Å². The van der Waals surface area contributed by atoms with Crippen LogP contribution < -0.4 is 10.2 Å². The van der Waals surface area contributed by atoms with E-state index in [9.17, 15) is 13.2 Å². The molecule has 21 heavy (non-hydrogen) atoms. The molecule has 1 rings (SSSR count). The van der Waals surface area contributed by atoms with E-state index < -0.39 is 12.7 Å². The molecule has 0 atom stereocenters. The number of anilines is 1. The predicted molar refractivity (Wildman–Crippen MR) is 77.3 cm³/mol. The van der Waals surface area contributed by atoms with Crippen LogP contribution >= 0.6 is 0 Å². The fraction of sp³-hybridized carbons (Fsp3) is 0.714. The Kier molecular flexibility index (Phi) is 5.55. The molecule has 0 aliphatic carbocycles. The van der Waals surface area contributed by atoms with Crippen LogP contribution in [0.15, 0.2) is 6.20 Å². The van der Waals surface area contributed by atoms with Gasteiger partial charge in [-0.1, -0.05) is 0 Å². The first-order valence-electron chi connectivity index (χ1n) is 6.91. The molecule has 4 nitrogen and oxygen atoms in total. The van der Waals surface area contributed by atoms with E-state index in [4.69, 9.17) is 0 Å². The molecule has 0 saturated heterocycles. The highest BCUT2D eigenvalue weighted by atomic mass is 19.4. The minimum Gasteiger partial charge on any atom is -0.332 e. The molecule has 7 heteroatoms. The molecule has 1 heterocycles. The highest BCUT2D eigenvalue weighted by Crippen LogP contribution is 2.20. The molecule has 0 spiro atoms. The Labute approximate surface area is 123 Å². The highest BCUT2D eigenvalue weighted by Gasteiger charge is 2.31. The van der Waals surface area contributed by atoms with Gasteiger partial charge in [-0.25, -0.2) is 9.97 Å². The molecular weight excluding hydrogens is 281 g/mol. The van der Waals surface area contributed by atoms with Gasteiger partial charge in [0.2, 0.25) is 5.95 Å². The van der Waals surface area contributed by atoms with Crippen molar-refractivity contribution in [1.29, 1.82) is 0 Å². The van der Waals surface area contributed by atoms with Crippen LogP contribution in [0.5, 0.6) is 0 Å². The first kappa shape index (κ1) is 17.7. The third-order valence-electron chi connectivity index (χ3n) is 2.91. The maximum atomic E-state index is 12.5. The first-order valence-corrected chi connectivity index (χ1v) is 6.91. The molecule has 0 amide bonds. The lowest BCUT2D eigenvalue weighted by atomic mass is 10.1. The average Bonchev–Trinajstić information content (AvgIpc) is 2.32. The van der Waals surface area contributed by atoms with E-state index in [1.54, 1.807) is 20.0 Å². The number of rotatable bonds is 5. The van der Waals surface area contributed by atoms with E-state index >= 15 is 0 Å². The number of halogens is 3. The van der Waals surface area contributed by atoms with Gasteiger partial charge >= 0.3 is 6.18 Å². The summed E-state index contributed by atoms with van der Waals surface area (Å²) in [5.41, 5.74) is 1.53. The summed E-state index contributed by atoms with van der Waals surface area (Å²) in [5.74, 6) is 0.117. The Hall–Kier alpha value is -1.37. The van der Waals surface area contributed by atoms with Crippen molar-refractivity contribution in [3.8, 4) is 0 Å². The van der Waals surface area contributed by atoms with Crippen LogP contribution in [0.1, 0.15) is 39.0 Å². The maximum absolute atomic E-state index is 12.5. The maximum Gasteiger partial charge on any atom is 0.406 e. The largest absolute Gasteiger partial charge is 0.406 e. The van der Waals surface area contributed by atoms with Crippen molar-refractivity contribution in [2.45, 2.75) is 52.9 Å². The van der Waals surface area contributed by atoms with Crippen LogP contribution in [-0.4, -0.2) is 34.8 Å². The van der Waals surface area contributed by atoms with Gasteiger partial charge < -0.3 is 10.2 Å². The van der Waals surface area contributed by atoms with Gasteiger partial charge in [0.15, 0.2) is 0 Å². The van der Waals surface area contributed by atoms with Crippen LogP contribution in [0.4, 0.5) is 19.1 Å². The summed E-state index contributed by atoms with van der Waals surface area (Å²) >= 11 is 0. The number of nitrogens with zero attached hydrogens (tertiary/aromatic N) is 3. The van der Waals surface area contributed by atoms with Gasteiger partial charge in [0.05, 0.1) is 0 Å². The topological polar surface area (TPSA) is 41.1 Å². The summed E-state index contributed by atoms with van der Waals surface area (Å²) < 4.78 is 37.5. The Morgan fingerprint density at radius 1 is 1.24 bits per heavy atom. The average molecular weight is 304 g/mol. The van der Waals surface area contributed by atoms with Gasteiger partial charge in [0.25, 0.3) is 0 Å². The van der Waals surface area contributed by atoms with Crippen LogP contribution in [0.2, 0.25) is 0 Å². The van der Waals surface area contributed by atoms with Gasteiger partial charge in [0.1, 0.15) is 6.54 Å². The fourth-order valence-electron chi connectivity index (χ4n) is 1.71. The van der Waals surface area contributed by atoms with Gasteiger partial charge in [0, 0.05) is 36.1 Å². The minimum atomic E-state index is -4.26. The lowest BCUT2D eigenvalue weighted by Gasteiger charge is -2.24. The predicted octanol–water partition coefficient (Wildman–Crippen LogP) is 3.06. The Bertz CT molecular complexity index is 466. The van der Waals surface area contributed by atoms with Crippen molar-refractivity contribution in [3.05, 3.63) is 17.5 Å². The van der Waals surface area contributed by atoms with Gasteiger partial charge in [-0.05, 0) is 34.6 Å². The summed E-state index contributed by atoms with van der Waals surface area (Å²) in [4.78, 5) is 9.39. The normalized spacial score (nSPS) is 12.6. The molecule has 0 saturated carbocycles. The molecule has 0 bridgehead atoms. The third-order valence-corrected chi connectivity index (χ3v) is 2.91. The second-order valence-corrected chi connectivity index (χ2v) is 6.01. The zero-order valence-electron chi connectivity index (χ0n) is 13.2. The molecule has 0 aromatic carbocycles. The number of alkyl halides is 3. The van der Waals surface area contributed by atoms with E-state index in [-0.39, 0.29) is 18.0 Å². The van der Waals surface area contributed by atoms with Gasteiger partial charge in [-0.15, -0.1) is 0 Å². The van der Waals surface area contributed by atoms with Crippen LogP contribution in [0.3, 0.4) is 0 Å². The second kappa shape index (κ2) is 6.60. The minimum absolute atomic E-state index is 0.0448. The van der Waals surface area contributed by atoms with E-state index in [1.165, 1.54) is 0 Å². The first-order chi connectivity index (χ1) is 9.52. The Morgan fingerprint density at radius 3 is 2.29 bits per heavy atom. The SMILES string of the molecule is CCN(CC(F)(F)F)c1ncc(CNC(C)(C)C)c(C)n1. The summed E-state index contributed by atoms with van der Waals surface area (Å²) in [7, 11) is 0. The van der Waals surface area contributed by atoms with Crippen molar-refractivity contribution < 1.29 is 13.2 Å². The number of hydrogen-bond donors (Lipinski definition) is 1. The second-order valence-electron chi connectivity index (χ2n) is 6.01. The van der Waals surface area contributed by atoms with E-state index in [2.05, 4.69) is 15.3 Å². The van der Waals surface area contributed by atoms with E-state index in [0.717, 1.165) is 10.5 Å². The molecule has 1 aromatic heterocycles. The Balaban J connectivity index is 2.85. The molecular formula is C14H23F3N4. The summed E-state index contributed by atoms with van der Waals surface area (Å²) in [5, 5.41) is 3.31. The Morgan fingerprint density at radius 2 is 1.86 bits per heavy atom. The van der Waals surface area contributed by atoms with Crippen molar-refractivity contribution in [2.75, 3.05) is 18.0 Å². The quantitative estimate of drug-likeness (QED) is 0.908. The van der Waals surface area contributed by atoms with E-state index in [0.29, 0.717) is 12.2 Å². The summed E-state index contributed by atoms with van der Waals surface area (Å²) in [6, 6.07) is 0. The molecule has 0 fully saturated rings. The summed E-state index contributed by atoms with van der Waals surface area (Å²) in [6.45, 7) is 9.31. The molecule has 0 aliphatic heterocycles. The smallest absolute Gasteiger partial charge is 0.332 e. The third kappa shape index (κ3) is 6.29. The van der Waals surface area contributed by atoms with Crippen molar-refractivity contribution >= 4 is 5.95 Å². The lowest BCUT2D eigenvalue weighted by molar-refractivity contribution is -0.119. The van der Waals surface area contributed by atoms with E-state index in [1.807, 2.05) is 20.8 Å². The monoisotopic (exact) mass is 304 g/mol. The van der Waals surface area contributed by atoms with Crippen molar-refractivity contribution in [2.24, 2.45) is 0 Å². The zero-order valence-corrected chi connectivity index (χ0v) is 13.2. The standard InChI is InChI=1S/C14H23F3N4/c1-6-21(9-14(15,16)17)12-18-7-11(10(2)20-12)8-19-13(3,4)5/h7,19H,6,8-9H2,1-5H3. The molecule has 0 aliphatic rings. The lowest BCUT2D eigenvalue weighted by Crippen LogP contribution is -2.36. The van der Waals surface area contributed by atoms with Crippen molar-refractivity contribution in [3.63, 3.8) is 0 Å². The molecule has 1 aromatic rings. The number of nitrogens with one attached hydrogen (secondary N) is 1. The summed E-state index contributed by atoms with van der Waals surface area (Å²) in [6.07, 6.45) is -2.67. The number of aryl methyl sites for hydroxylation is 1. The molecule has 120 valence electrons. The molecule has 0 radical (unpaired) electrons. The van der Waals surface area contributed by atoms with Crippen molar-refractivity contribution in [1.82, 2.24) is 15.3 Å². The van der Waals surface area contributed by atoms with Crippen LogP contribution in [0.25, 0.3) is 0 Å². The highest BCUT2D eigenvalue weighted by molar-refractivity contribution is 5.33. The molecule has 0 unspecified atom stereocenters. The fourth-order valence-corrected chi connectivity index (χ4v) is 1.71. The number of hydrogen-bond acceptors (Lipinski definition) is 4. The number of aromatic nitrogens is 2. The zero-order chi connectivity index (χ0) is 16.3. The van der Waals surface area contributed by atoms with Gasteiger partial charge in [-0.3, -0.25) is 0 Å². The van der Waals surface area contributed by atoms with Crippen LogP contribution in [0, 0.1) is 6.92 Å². The van der Waals surface area contributed by atoms with Gasteiger partial charge in [-0.2, -0.15) is 13.2 Å².